The quantitative estimate of drug-likeness (QED) is 0.594. The summed E-state index contributed by atoms with van der Waals surface area (Å²) in [6.45, 7) is 6.36. The summed E-state index contributed by atoms with van der Waals surface area (Å²) in [5.74, 6) is 1.13. The predicted octanol–water partition coefficient (Wildman–Crippen LogP) is 3.33. The molecule has 1 atom stereocenters. The molecule has 1 N–H and O–H groups in total. The fourth-order valence-corrected chi connectivity index (χ4v) is 3.31. The second kappa shape index (κ2) is 11.8. The first kappa shape index (κ1) is 24.1. The van der Waals surface area contributed by atoms with Gasteiger partial charge in [0.25, 0.3) is 5.91 Å². The van der Waals surface area contributed by atoms with Crippen molar-refractivity contribution in [2.24, 2.45) is 0 Å². The van der Waals surface area contributed by atoms with Crippen LogP contribution in [0.5, 0.6) is 17.2 Å². The molecular weight excluding hydrogens is 396 g/mol. The van der Waals surface area contributed by atoms with E-state index in [4.69, 9.17) is 14.2 Å². The molecular formula is C24H32N2O5. The fraction of sp³-hybridized carbons (Fsp3) is 0.417. The van der Waals surface area contributed by atoms with Crippen LogP contribution in [0.1, 0.15) is 31.4 Å². The van der Waals surface area contributed by atoms with E-state index < -0.39 is 6.04 Å². The molecule has 7 heteroatoms. The van der Waals surface area contributed by atoms with Gasteiger partial charge in [0.2, 0.25) is 5.91 Å². The van der Waals surface area contributed by atoms with E-state index in [2.05, 4.69) is 5.32 Å². The Morgan fingerprint density at radius 2 is 1.65 bits per heavy atom. The molecule has 0 fully saturated rings. The van der Waals surface area contributed by atoms with Gasteiger partial charge in [0.1, 0.15) is 23.3 Å². The zero-order chi connectivity index (χ0) is 22.8. The number of carbonyl (C=O) groups is 2. The predicted molar refractivity (Wildman–Crippen MR) is 120 cm³/mol. The maximum atomic E-state index is 13.2. The molecule has 7 nitrogen and oxygen atoms in total. The van der Waals surface area contributed by atoms with Crippen molar-refractivity contribution in [2.75, 3.05) is 27.4 Å². The summed E-state index contributed by atoms with van der Waals surface area (Å²) in [6, 6.07) is 12.4. The van der Waals surface area contributed by atoms with Crippen LogP contribution in [-0.2, 0) is 16.1 Å². The third-order valence-corrected chi connectivity index (χ3v) is 4.86. The van der Waals surface area contributed by atoms with Crippen molar-refractivity contribution in [1.29, 1.82) is 0 Å². The van der Waals surface area contributed by atoms with Crippen LogP contribution >= 0.6 is 0 Å². The molecule has 2 rings (SSSR count). The van der Waals surface area contributed by atoms with E-state index in [0.717, 1.165) is 11.1 Å². The normalized spacial score (nSPS) is 11.4. The average Bonchev–Trinajstić information content (AvgIpc) is 2.77. The lowest BCUT2D eigenvalue weighted by molar-refractivity contribution is -0.142. The van der Waals surface area contributed by atoms with Crippen LogP contribution in [0.3, 0.4) is 0 Å². The maximum absolute atomic E-state index is 13.2. The van der Waals surface area contributed by atoms with Crippen LogP contribution in [-0.4, -0.2) is 50.1 Å². The first-order chi connectivity index (χ1) is 14.9. The van der Waals surface area contributed by atoms with E-state index in [0.29, 0.717) is 36.8 Å². The summed E-state index contributed by atoms with van der Waals surface area (Å²) >= 11 is 0. The minimum Gasteiger partial charge on any atom is -0.496 e. The van der Waals surface area contributed by atoms with Crippen LogP contribution in [0, 0.1) is 6.92 Å². The molecule has 0 aromatic heterocycles. The van der Waals surface area contributed by atoms with E-state index in [1.165, 1.54) is 0 Å². The number of methoxy groups -OCH3 is 2. The average molecular weight is 429 g/mol. The summed E-state index contributed by atoms with van der Waals surface area (Å²) in [6.07, 6.45) is 0.496. The molecule has 0 aliphatic heterocycles. The monoisotopic (exact) mass is 428 g/mol. The number of nitrogens with one attached hydrogen (secondary N) is 1. The summed E-state index contributed by atoms with van der Waals surface area (Å²) in [5.41, 5.74) is 2.05. The Balaban J connectivity index is 2.23. The van der Waals surface area contributed by atoms with Crippen LogP contribution in [0.2, 0.25) is 0 Å². The van der Waals surface area contributed by atoms with Crippen molar-refractivity contribution in [1.82, 2.24) is 10.2 Å². The largest absolute Gasteiger partial charge is 0.496 e. The lowest BCUT2D eigenvalue weighted by atomic mass is 10.1. The van der Waals surface area contributed by atoms with E-state index in [1.54, 1.807) is 37.3 Å². The molecule has 0 saturated heterocycles. The van der Waals surface area contributed by atoms with Gasteiger partial charge in [-0.25, -0.2) is 0 Å². The number of rotatable bonds is 11. The molecule has 2 amide bonds. The molecule has 2 aromatic carbocycles. The number of ether oxygens (including phenoxy) is 3. The Hall–Kier alpha value is -3.22. The van der Waals surface area contributed by atoms with Crippen molar-refractivity contribution in [2.45, 2.75) is 39.8 Å². The van der Waals surface area contributed by atoms with Gasteiger partial charge in [-0.1, -0.05) is 36.8 Å². The number of amides is 2. The summed E-state index contributed by atoms with van der Waals surface area (Å²) in [7, 11) is 3.09. The summed E-state index contributed by atoms with van der Waals surface area (Å²) < 4.78 is 16.2. The maximum Gasteiger partial charge on any atom is 0.261 e. The smallest absolute Gasteiger partial charge is 0.261 e. The number of likely N-dealkylation sites (N-methyl/N-ethyl adjacent to an activating group) is 1. The molecule has 0 aliphatic rings. The van der Waals surface area contributed by atoms with Crippen LogP contribution in [0.15, 0.2) is 42.5 Å². The number of hydrogen-bond donors (Lipinski definition) is 1. The molecule has 0 spiro atoms. The first-order valence-corrected chi connectivity index (χ1v) is 10.4. The Kier molecular flexibility index (Phi) is 9.18. The molecule has 168 valence electrons. The number of hydrogen-bond acceptors (Lipinski definition) is 5. The van der Waals surface area contributed by atoms with Gasteiger partial charge in [0.15, 0.2) is 6.61 Å². The first-order valence-electron chi connectivity index (χ1n) is 10.4. The molecule has 2 aromatic rings. The van der Waals surface area contributed by atoms with Gasteiger partial charge in [0.05, 0.1) is 14.2 Å². The minimum absolute atomic E-state index is 0.172. The summed E-state index contributed by atoms with van der Waals surface area (Å²) in [4.78, 5) is 27.4. The van der Waals surface area contributed by atoms with Gasteiger partial charge in [0, 0.05) is 31.3 Å². The van der Waals surface area contributed by atoms with Crippen LogP contribution < -0.4 is 19.5 Å². The van der Waals surface area contributed by atoms with E-state index in [9.17, 15) is 9.59 Å². The number of aryl methyl sites for hydroxylation is 1. The van der Waals surface area contributed by atoms with Crippen molar-refractivity contribution in [3.05, 3.63) is 53.6 Å². The highest BCUT2D eigenvalue weighted by Gasteiger charge is 2.28. The lowest BCUT2D eigenvalue weighted by Crippen LogP contribution is -2.50. The molecule has 0 unspecified atom stereocenters. The summed E-state index contributed by atoms with van der Waals surface area (Å²) in [5, 5.41) is 2.83. The molecule has 0 radical (unpaired) electrons. The highest BCUT2D eigenvalue weighted by molar-refractivity contribution is 5.88. The Morgan fingerprint density at radius 3 is 2.19 bits per heavy atom. The Morgan fingerprint density at radius 1 is 1.00 bits per heavy atom. The van der Waals surface area contributed by atoms with Crippen molar-refractivity contribution in [3.63, 3.8) is 0 Å². The zero-order valence-corrected chi connectivity index (χ0v) is 18.9. The van der Waals surface area contributed by atoms with Gasteiger partial charge in [-0.15, -0.1) is 0 Å². The van der Waals surface area contributed by atoms with Gasteiger partial charge in [-0.2, -0.15) is 0 Å². The standard InChI is InChI=1S/C24H32N2O5/c1-6-22(24(28)25-7-2)26(15-18-10-8-9-17(3)11-18)23(27)16-31-21-13-19(29-4)12-20(14-21)30-5/h8-14,22H,6-7,15-16H2,1-5H3,(H,25,28)/t22-/m0/s1. The molecule has 0 saturated carbocycles. The second-order valence-corrected chi connectivity index (χ2v) is 7.17. The van der Waals surface area contributed by atoms with Gasteiger partial charge >= 0.3 is 0 Å². The SMILES string of the molecule is CCNC(=O)[C@H](CC)N(Cc1cccc(C)c1)C(=O)COc1cc(OC)cc(OC)c1. The fourth-order valence-electron chi connectivity index (χ4n) is 3.31. The highest BCUT2D eigenvalue weighted by Crippen LogP contribution is 2.27. The molecule has 0 aliphatic carbocycles. The van der Waals surface area contributed by atoms with E-state index >= 15 is 0 Å². The number of carbonyl (C=O) groups excluding carboxylic acids is 2. The Labute approximate surface area is 184 Å². The zero-order valence-electron chi connectivity index (χ0n) is 18.9. The van der Waals surface area contributed by atoms with Crippen molar-refractivity contribution >= 4 is 11.8 Å². The molecule has 0 bridgehead atoms. The van der Waals surface area contributed by atoms with E-state index in [-0.39, 0.29) is 18.4 Å². The lowest BCUT2D eigenvalue weighted by Gasteiger charge is -2.30. The van der Waals surface area contributed by atoms with Gasteiger partial charge in [-0.05, 0) is 25.8 Å². The minimum atomic E-state index is -0.587. The Bertz CT molecular complexity index is 862. The van der Waals surface area contributed by atoms with Gasteiger partial charge < -0.3 is 24.4 Å². The number of benzene rings is 2. The van der Waals surface area contributed by atoms with Crippen LogP contribution in [0.4, 0.5) is 0 Å². The molecule has 31 heavy (non-hydrogen) atoms. The number of nitrogens with zero attached hydrogens (tertiary/aromatic N) is 1. The third kappa shape index (κ3) is 6.91. The van der Waals surface area contributed by atoms with E-state index in [1.807, 2.05) is 45.0 Å². The van der Waals surface area contributed by atoms with Crippen LogP contribution in [0.25, 0.3) is 0 Å². The van der Waals surface area contributed by atoms with Crippen molar-refractivity contribution < 1.29 is 23.8 Å². The van der Waals surface area contributed by atoms with Crippen molar-refractivity contribution in [3.8, 4) is 17.2 Å². The molecule has 0 heterocycles. The van der Waals surface area contributed by atoms with Gasteiger partial charge in [-0.3, -0.25) is 9.59 Å². The third-order valence-electron chi connectivity index (χ3n) is 4.86. The highest BCUT2D eigenvalue weighted by atomic mass is 16.5. The second-order valence-electron chi connectivity index (χ2n) is 7.17. The topological polar surface area (TPSA) is 77.1 Å².